The maximum Gasteiger partial charge on any atom is 0.306 e. The molecule has 3 aromatic rings. The van der Waals surface area contributed by atoms with Gasteiger partial charge in [0.25, 0.3) is 0 Å². The Morgan fingerprint density at radius 2 is 1.83 bits per heavy atom. The Morgan fingerprint density at radius 3 is 2.46 bits per heavy atom. The van der Waals surface area contributed by atoms with Crippen LogP contribution in [0.25, 0.3) is 10.2 Å². The maximum atomic E-state index is 13.4. The highest BCUT2D eigenvalue weighted by molar-refractivity contribution is 7.18. The quantitative estimate of drug-likeness (QED) is 0.404. The van der Waals surface area contributed by atoms with E-state index in [1.807, 2.05) is 24.3 Å². The predicted molar refractivity (Wildman–Crippen MR) is 138 cm³/mol. The number of carbonyl (C=O) groups is 2. The summed E-state index contributed by atoms with van der Waals surface area (Å²) >= 11 is 1.61. The molecule has 0 unspecified atom stereocenters. The molecule has 1 aliphatic heterocycles. The number of likely N-dealkylation sites (N-methyl/N-ethyl adjacent to an activating group) is 1. The fourth-order valence-electron chi connectivity index (χ4n) is 5.14. The summed E-state index contributed by atoms with van der Waals surface area (Å²) in [7, 11) is 8.10. The van der Waals surface area contributed by atoms with Gasteiger partial charge in [-0.05, 0) is 42.2 Å². The fourth-order valence-corrected chi connectivity index (χ4v) is 6.08. The Morgan fingerprint density at radius 1 is 1.14 bits per heavy atom. The molecule has 1 N–H and O–H groups in total. The van der Waals surface area contributed by atoms with Crippen LogP contribution in [-0.4, -0.2) is 68.7 Å². The van der Waals surface area contributed by atoms with Gasteiger partial charge in [-0.25, -0.2) is 4.98 Å². The van der Waals surface area contributed by atoms with Crippen LogP contribution in [0.15, 0.2) is 42.5 Å². The zero-order valence-electron chi connectivity index (χ0n) is 20.8. The van der Waals surface area contributed by atoms with Crippen molar-refractivity contribution in [3.8, 4) is 0 Å². The third-order valence-corrected chi connectivity index (χ3v) is 8.53. The molecule has 7 nitrogen and oxygen atoms in total. The van der Waals surface area contributed by atoms with Crippen LogP contribution in [-0.2, 0) is 33.7 Å². The number of hydrogen-bond donors (Lipinski definition) is 1. The molecular formula is C27H33N4O3S+. The van der Waals surface area contributed by atoms with E-state index in [0.717, 1.165) is 43.9 Å². The molecule has 0 spiro atoms. The average Bonchev–Trinajstić information content (AvgIpc) is 3.36. The second-order valence-electron chi connectivity index (χ2n) is 10.8. The Kier molecular flexibility index (Phi) is 6.05. The molecule has 35 heavy (non-hydrogen) atoms. The van der Waals surface area contributed by atoms with E-state index >= 15 is 0 Å². The van der Waals surface area contributed by atoms with Crippen molar-refractivity contribution in [1.82, 2.24) is 10.3 Å². The van der Waals surface area contributed by atoms with Gasteiger partial charge in [-0.2, -0.15) is 0 Å². The molecule has 1 aromatic heterocycles. The van der Waals surface area contributed by atoms with E-state index in [4.69, 9.17) is 9.72 Å². The van der Waals surface area contributed by atoms with Crippen molar-refractivity contribution in [2.24, 2.45) is 5.41 Å². The zero-order chi connectivity index (χ0) is 24.8. The summed E-state index contributed by atoms with van der Waals surface area (Å²) < 4.78 is 7.03. The molecule has 1 saturated heterocycles. The first-order valence-electron chi connectivity index (χ1n) is 12.0. The number of hydrogen-bond acceptors (Lipinski definition) is 6. The van der Waals surface area contributed by atoms with Crippen LogP contribution in [0.2, 0.25) is 0 Å². The van der Waals surface area contributed by atoms with Gasteiger partial charge in [0.2, 0.25) is 5.91 Å². The lowest BCUT2D eigenvalue weighted by molar-refractivity contribution is -0.896. The number of amides is 1. The Labute approximate surface area is 210 Å². The van der Waals surface area contributed by atoms with Crippen molar-refractivity contribution in [3.63, 3.8) is 0 Å². The van der Waals surface area contributed by atoms with Gasteiger partial charge in [0.1, 0.15) is 11.0 Å². The summed E-state index contributed by atoms with van der Waals surface area (Å²) in [4.78, 5) is 32.8. The largest absolute Gasteiger partial charge is 0.469 e. The number of thiazole rings is 1. The number of methoxy groups -OCH3 is 1. The van der Waals surface area contributed by atoms with E-state index in [0.29, 0.717) is 25.4 Å². The minimum absolute atomic E-state index is 0.0668. The summed E-state index contributed by atoms with van der Waals surface area (Å²) in [6.45, 7) is 2.46. The Hall–Kier alpha value is -2.97. The smallest absolute Gasteiger partial charge is 0.306 e. The number of benzene rings is 2. The molecular weight excluding hydrogens is 460 g/mol. The van der Waals surface area contributed by atoms with Gasteiger partial charge in [-0.1, -0.05) is 24.3 Å². The lowest BCUT2D eigenvalue weighted by Crippen LogP contribution is -2.64. The maximum absolute atomic E-state index is 13.4. The monoisotopic (exact) mass is 493 g/mol. The van der Waals surface area contributed by atoms with Crippen molar-refractivity contribution in [2.75, 3.05) is 46.2 Å². The van der Waals surface area contributed by atoms with E-state index in [1.54, 1.807) is 11.3 Å². The van der Waals surface area contributed by atoms with E-state index in [2.05, 4.69) is 49.6 Å². The molecule has 184 valence electrons. The minimum Gasteiger partial charge on any atom is -0.469 e. The van der Waals surface area contributed by atoms with Crippen molar-refractivity contribution in [3.05, 3.63) is 58.6 Å². The van der Waals surface area contributed by atoms with Crippen LogP contribution in [0.4, 0.5) is 5.69 Å². The number of quaternary nitrogens is 1. The van der Waals surface area contributed by atoms with Gasteiger partial charge in [-0.3, -0.25) is 9.59 Å². The number of ether oxygens (including phenoxy) is 1. The van der Waals surface area contributed by atoms with Gasteiger partial charge in [-0.15, -0.1) is 11.3 Å². The highest BCUT2D eigenvalue weighted by Gasteiger charge is 2.45. The van der Waals surface area contributed by atoms with Crippen LogP contribution in [0.3, 0.4) is 0 Å². The average molecular weight is 494 g/mol. The number of carbonyl (C=O) groups excluding carboxylic acids is 2. The molecule has 0 bridgehead atoms. The SMILES string of the molecule is COC(=O)CC1(C(=O)NCc2nc3ccc(N4CC([N+](C)(C)C)C4)cc3s2)Cc2ccccc2C1. The van der Waals surface area contributed by atoms with Crippen LogP contribution in [0.1, 0.15) is 22.6 Å². The second kappa shape index (κ2) is 8.91. The molecule has 1 fully saturated rings. The van der Waals surface area contributed by atoms with Crippen molar-refractivity contribution in [2.45, 2.75) is 31.8 Å². The van der Waals surface area contributed by atoms with E-state index in [-0.39, 0.29) is 18.3 Å². The number of fused-ring (bicyclic) bond motifs is 2. The Bertz CT molecular complexity index is 1250. The molecule has 0 atom stereocenters. The minimum atomic E-state index is -0.819. The molecule has 0 saturated carbocycles. The first kappa shape index (κ1) is 23.8. The van der Waals surface area contributed by atoms with Crippen LogP contribution >= 0.6 is 11.3 Å². The van der Waals surface area contributed by atoms with Crippen molar-refractivity contribution < 1.29 is 18.8 Å². The lowest BCUT2D eigenvalue weighted by atomic mass is 9.80. The summed E-state index contributed by atoms with van der Waals surface area (Å²) in [6, 6.07) is 15.1. The van der Waals surface area contributed by atoms with E-state index in [9.17, 15) is 9.59 Å². The number of nitrogens with one attached hydrogen (secondary N) is 1. The number of anilines is 1. The van der Waals surface area contributed by atoms with Crippen LogP contribution < -0.4 is 10.2 Å². The fraction of sp³-hybridized carbons (Fsp3) is 0.444. The van der Waals surface area contributed by atoms with Gasteiger partial charge in [0.15, 0.2) is 0 Å². The molecule has 2 aliphatic rings. The second-order valence-corrected chi connectivity index (χ2v) is 11.9. The highest BCUT2D eigenvalue weighted by atomic mass is 32.1. The lowest BCUT2D eigenvalue weighted by Gasteiger charge is -2.47. The van der Waals surface area contributed by atoms with Crippen LogP contribution in [0.5, 0.6) is 0 Å². The third kappa shape index (κ3) is 4.65. The van der Waals surface area contributed by atoms with Crippen LogP contribution in [0, 0.1) is 5.41 Å². The standard InChI is InChI=1S/C27H32N4O3S/c1-31(2,3)21-16-30(17-21)20-9-10-22-23(11-20)35-24(29-22)15-28-26(33)27(14-25(32)34-4)12-18-7-5-6-8-19(18)13-27/h5-11,21H,12-17H2,1-4H3/p+1. The predicted octanol–water partition coefficient (Wildman–Crippen LogP) is 3.16. The molecule has 5 rings (SSSR count). The molecule has 1 aliphatic carbocycles. The first-order valence-corrected chi connectivity index (χ1v) is 12.9. The molecule has 8 heteroatoms. The summed E-state index contributed by atoms with van der Waals surface area (Å²) in [6.07, 6.45) is 1.15. The molecule has 2 heterocycles. The highest BCUT2D eigenvalue weighted by Crippen LogP contribution is 2.40. The van der Waals surface area contributed by atoms with Gasteiger partial charge >= 0.3 is 5.97 Å². The van der Waals surface area contributed by atoms with Gasteiger partial charge < -0.3 is 19.4 Å². The summed E-state index contributed by atoms with van der Waals surface area (Å²) in [5.41, 5.74) is 3.60. The number of aromatic nitrogens is 1. The van der Waals surface area contributed by atoms with Gasteiger partial charge in [0, 0.05) is 5.69 Å². The number of rotatable bonds is 7. The molecule has 0 radical (unpaired) electrons. The zero-order valence-corrected chi connectivity index (χ0v) is 21.7. The normalized spacial score (nSPS) is 17.2. The summed E-state index contributed by atoms with van der Waals surface area (Å²) in [5, 5.41) is 3.94. The van der Waals surface area contributed by atoms with Crippen molar-refractivity contribution >= 4 is 39.1 Å². The topological polar surface area (TPSA) is 71.5 Å². The third-order valence-electron chi connectivity index (χ3n) is 7.51. The summed E-state index contributed by atoms with van der Waals surface area (Å²) in [5.74, 6) is -0.482. The van der Waals surface area contributed by atoms with Crippen molar-refractivity contribution in [1.29, 1.82) is 0 Å². The van der Waals surface area contributed by atoms with Gasteiger partial charge in [0.05, 0.1) is 69.9 Å². The number of nitrogens with zero attached hydrogens (tertiary/aromatic N) is 3. The Balaban J connectivity index is 1.27. The molecule has 1 amide bonds. The van der Waals surface area contributed by atoms with E-state index < -0.39 is 5.41 Å². The molecule has 2 aromatic carbocycles. The van der Waals surface area contributed by atoms with E-state index in [1.165, 1.54) is 12.8 Å². The number of esters is 1. The first-order chi connectivity index (χ1) is 16.7.